The average molecular weight is 487 g/mol. The van der Waals surface area contributed by atoms with Crippen molar-refractivity contribution < 1.29 is 23.8 Å². The van der Waals surface area contributed by atoms with Crippen LogP contribution in [-0.2, 0) is 17.8 Å². The lowest BCUT2D eigenvalue weighted by Crippen LogP contribution is -2.36. The van der Waals surface area contributed by atoms with Gasteiger partial charge in [0.1, 0.15) is 0 Å². The fourth-order valence-electron chi connectivity index (χ4n) is 4.30. The first-order valence-electron chi connectivity index (χ1n) is 11.3. The fourth-order valence-corrected chi connectivity index (χ4v) is 5.32. The van der Waals surface area contributed by atoms with E-state index in [0.717, 1.165) is 41.8 Å². The molecular formula is C24H30N4O5S. The van der Waals surface area contributed by atoms with Crippen LogP contribution in [0.25, 0.3) is 6.08 Å². The molecule has 1 saturated carbocycles. The number of carbonyl (C=O) groups excluding carboxylic acids is 2. The fraction of sp³-hybridized carbons (Fsp3) is 0.458. The molecule has 0 spiro atoms. The Morgan fingerprint density at radius 3 is 2.47 bits per heavy atom. The first-order valence-corrected chi connectivity index (χ1v) is 12.2. The van der Waals surface area contributed by atoms with Gasteiger partial charge in [0.2, 0.25) is 11.7 Å². The molecule has 0 radical (unpaired) electrons. The van der Waals surface area contributed by atoms with Crippen LogP contribution in [0.5, 0.6) is 17.2 Å². The summed E-state index contributed by atoms with van der Waals surface area (Å²) in [6.07, 6.45) is 8.31. The van der Waals surface area contributed by atoms with E-state index in [1.165, 1.54) is 11.3 Å². The Balaban J connectivity index is 1.38. The van der Waals surface area contributed by atoms with E-state index in [1.54, 1.807) is 50.5 Å². The molecule has 2 aromatic rings. The van der Waals surface area contributed by atoms with Gasteiger partial charge in [-0.25, -0.2) is 9.78 Å². The molecule has 1 aliphatic heterocycles. The van der Waals surface area contributed by atoms with E-state index in [0.29, 0.717) is 41.9 Å². The van der Waals surface area contributed by atoms with Crippen molar-refractivity contribution in [2.45, 2.75) is 44.7 Å². The van der Waals surface area contributed by atoms with Crippen LogP contribution in [0.3, 0.4) is 0 Å². The smallest absolute Gasteiger partial charge is 0.321 e. The standard InChI is InChI=1S/C24H30N4O5S/c1-31-18-12-15(13-19(32-2)22(18)33-3)8-9-21(29)28-11-10-17-20(14-28)34-24(26-17)27-23(30)25-16-6-4-5-7-16/h8-9,12-13,16H,4-7,10-11,14H2,1-3H3,(H2,25,26,27,30)/b9-8+. The number of hydrogen-bond donors (Lipinski definition) is 2. The van der Waals surface area contributed by atoms with E-state index in [1.807, 2.05) is 0 Å². The molecule has 0 saturated heterocycles. The molecule has 1 aromatic carbocycles. The number of benzene rings is 1. The van der Waals surface area contributed by atoms with Gasteiger partial charge in [-0.05, 0) is 36.6 Å². The van der Waals surface area contributed by atoms with Gasteiger partial charge in [0.15, 0.2) is 16.6 Å². The lowest BCUT2D eigenvalue weighted by Gasteiger charge is -2.24. The van der Waals surface area contributed by atoms with Crippen LogP contribution >= 0.6 is 11.3 Å². The van der Waals surface area contributed by atoms with Crippen LogP contribution < -0.4 is 24.8 Å². The van der Waals surface area contributed by atoms with Crippen LogP contribution in [0.1, 0.15) is 41.8 Å². The number of thiazole rings is 1. The first-order chi connectivity index (χ1) is 16.5. The predicted octanol–water partition coefficient (Wildman–Crippen LogP) is 3.83. The summed E-state index contributed by atoms with van der Waals surface area (Å²) in [6, 6.07) is 3.62. The maximum Gasteiger partial charge on any atom is 0.321 e. The molecular weight excluding hydrogens is 456 g/mol. The highest BCUT2D eigenvalue weighted by atomic mass is 32.1. The van der Waals surface area contributed by atoms with Crippen molar-refractivity contribution in [2.75, 3.05) is 33.2 Å². The monoisotopic (exact) mass is 486 g/mol. The molecule has 1 aromatic heterocycles. The van der Waals surface area contributed by atoms with Gasteiger partial charge in [0.25, 0.3) is 0 Å². The average Bonchev–Trinajstić information content (AvgIpc) is 3.50. The van der Waals surface area contributed by atoms with Crippen LogP contribution in [0, 0.1) is 0 Å². The van der Waals surface area contributed by atoms with Gasteiger partial charge >= 0.3 is 6.03 Å². The lowest BCUT2D eigenvalue weighted by atomic mass is 10.1. The highest BCUT2D eigenvalue weighted by molar-refractivity contribution is 7.15. The van der Waals surface area contributed by atoms with Gasteiger partial charge in [-0.2, -0.15) is 0 Å². The number of ether oxygens (including phenoxy) is 3. The summed E-state index contributed by atoms with van der Waals surface area (Å²) in [5.41, 5.74) is 1.71. The molecule has 0 atom stereocenters. The van der Waals surface area contributed by atoms with Crippen LogP contribution in [0.4, 0.5) is 9.93 Å². The molecule has 2 aliphatic rings. The van der Waals surface area contributed by atoms with Crippen molar-refractivity contribution in [2.24, 2.45) is 0 Å². The predicted molar refractivity (Wildman–Crippen MR) is 131 cm³/mol. The van der Waals surface area contributed by atoms with E-state index < -0.39 is 0 Å². The number of nitrogens with one attached hydrogen (secondary N) is 2. The van der Waals surface area contributed by atoms with Gasteiger partial charge in [0.05, 0.1) is 33.6 Å². The third-order valence-corrected chi connectivity index (χ3v) is 7.06. The molecule has 2 N–H and O–H groups in total. The molecule has 182 valence electrons. The number of anilines is 1. The Kier molecular flexibility index (Phi) is 7.56. The number of carbonyl (C=O) groups is 2. The summed E-state index contributed by atoms with van der Waals surface area (Å²) >= 11 is 1.42. The van der Waals surface area contributed by atoms with Crippen molar-refractivity contribution in [3.8, 4) is 17.2 Å². The largest absolute Gasteiger partial charge is 0.493 e. The number of hydrogen-bond acceptors (Lipinski definition) is 7. The van der Waals surface area contributed by atoms with Gasteiger partial charge in [-0.3, -0.25) is 10.1 Å². The Bertz CT molecular complexity index is 1050. The third-order valence-electron chi connectivity index (χ3n) is 6.06. The summed E-state index contributed by atoms with van der Waals surface area (Å²) in [6.45, 7) is 1.04. The number of rotatable bonds is 7. The molecule has 1 fully saturated rings. The van der Waals surface area contributed by atoms with Gasteiger partial charge in [0, 0.05) is 30.0 Å². The minimum absolute atomic E-state index is 0.0960. The van der Waals surface area contributed by atoms with Crippen molar-refractivity contribution in [1.29, 1.82) is 0 Å². The van der Waals surface area contributed by atoms with Gasteiger partial charge < -0.3 is 24.4 Å². The minimum Gasteiger partial charge on any atom is -0.493 e. The maximum atomic E-state index is 12.8. The zero-order chi connectivity index (χ0) is 24.1. The second kappa shape index (κ2) is 10.8. The van der Waals surface area contributed by atoms with Crippen molar-refractivity contribution in [3.05, 3.63) is 34.3 Å². The molecule has 9 nitrogen and oxygen atoms in total. The third kappa shape index (κ3) is 5.44. The quantitative estimate of drug-likeness (QED) is 0.577. The lowest BCUT2D eigenvalue weighted by molar-refractivity contribution is -0.126. The van der Waals surface area contributed by atoms with Gasteiger partial charge in [-0.15, -0.1) is 0 Å². The summed E-state index contributed by atoms with van der Waals surface area (Å²) in [4.78, 5) is 32.4. The summed E-state index contributed by atoms with van der Waals surface area (Å²) in [5, 5.41) is 6.43. The number of fused-ring (bicyclic) bond motifs is 1. The molecule has 1 aliphatic carbocycles. The van der Waals surface area contributed by atoms with E-state index in [2.05, 4.69) is 15.6 Å². The van der Waals surface area contributed by atoms with E-state index in [9.17, 15) is 9.59 Å². The van der Waals surface area contributed by atoms with Crippen LogP contribution in [-0.4, -0.2) is 55.7 Å². The van der Waals surface area contributed by atoms with Crippen molar-refractivity contribution in [3.63, 3.8) is 0 Å². The Labute approximate surface area is 203 Å². The second-order valence-electron chi connectivity index (χ2n) is 8.27. The molecule has 4 rings (SSSR count). The molecule has 2 heterocycles. The Morgan fingerprint density at radius 1 is 1.12 bits per heavy atom. The highest BCUT2D eigenvalue weighted by Crippen LogP contribution is 2.38. The van der Waals surface area contributed by atoms with Crippen LogP contribution in [0.2, 0.25) is 0 Å². The van der Waals surface area contributed by atoms with Gasteiger partial charge in [-0.1, -0.05) is 24.2 Å². The summed E-state index contributed by atoms with van der Waals surface area (Å²) in [7, 11) is 4.65. The van der Waals surface area contributed by atoms with Crippen LogP contribution in [0.15, 0.2) is 18.2 Å². The Hall–Kier alpha value is -3.27. The van der Waals surface area contributed by atoms with E-state index >= 15 is 0 Å². The molecule has 0 unspecified atom stereocenters. The highest BCUT2D eigenvalue weighted by Gasteiger charge is 2.24. The number of amides is 3. The number of urea groups is 1. The summed E-state index contributed by atoms with van der Waals surface area (Å²) in [5.74, 6) is 1.46. The number of aromatic nitrogens is 1. The van der Waals surface area contributed by atoms with E-state index in [-0.39, 0.29) is 18.0 Å². The molecule has 0 bridgehead atoms. The second-order valence-corrected chi connectivity index (χ2v) is 9.35. The molecule has 34 heavy (non-hydrogen) atoms. The molecule has 10 heteroatoms. The topological polar surface area (TPSA) is 102 Å². The first kappa shape index (κ1) is 23.9. The SMILES string of the molecule is COc1cc(/C=C/C(=O)N2CCc3nc(NC(=O)NC4CCCC4)sc3C2)cc(OC)c1OC. The zero-order valence-electron chi connectivity index (χ0n) is 19.7. The number of nitrogens with zero attached hydrogens (tertiary/aromatic N) is 2. The summed E-state index contributed by atoms with van der Waals surface area (Å²) < 4.78 is 16.1. The minimum atomic E-state index is -0.209. The van der Waals surface area contributed by atoms with E-state index in [4.69, 9.17) is 14.2 Å². The maximum absolute atomic E-state index is 12.8. The zero-order valence-corrected chi connectivity index (χ0v) is 20.5. The molecule has 3 amide bonds. The van der Waals surface area contributed by atoms with Crippen molar-refractivity contribution >= 4 is 34.5 Å². The Morgan fingerprint density at radius 2 is 1.82 bits per heavy atom. The van der Waals surface area contributed by atoms with Crippen molar-refractivity contribution in [1.82, 2.24) is 15.2 Å². The number of methoxy groups -OCH3 is 3. The normalized spacial score (nSPS) is 15.8.